The van der Waals surface area contributed by atoms with Gasteiger partial charge in [0, 0.05) is 0 Å². The number of carboxylic acids is 1. The third-order valence-electron chi connectivity index (χ3n) is 1.86. The van der Waals surface area contributed by atoms with Crippen molar-refractivity contribution in [1.82, 2.24) is 4.98 Å². The van der Waals surface area contributed by atoms with E-state index < -0.39 is 48.2 Å². The van der Waals surface area contributed by atoms with Gasteiger partial charge in [0.15, 0.2) is 5.75 Å². The van der Waals surface area contributed by atoms with Gasteiger partial charge in [-0.3, -0.25) is 9.78 Å². The molecular weight excluding hydrogens is 262 g/mol. The lowest BCUT2D eigenvalue weighted by Crippen LogP contribution is -2.20. The summed E-state index contributed by atoms with van der Waals surface area (Å²) < 4.78 is 52.3. The van der Waals surface area contributed by atoms with Crippen LogP contribution in [0.2, 0.25) is 0 Å². The number of aliphatic carboxylic acids is 1. The normalized spacial score (nSPS) is 11.3. The van der Waals surface area contributed by atoms with Gasteiger partial charge >= 0.3 is 12.3 Å². The molecule has 0 bridgehead atoms. The summed E-state index contributed by atoms with van der Waals surface area (Å²) in [5, 5.41) is 17.8. The molecule has 5 nitrogen and oxygen atoms in total. The number of hydrogen-bond acceptors (Lipinski definition) is 4. The first-order valence-corrected chi connectivity index (χ1v) is 4.47. The van der Waals surface area contributed by atoms with Gasteiger partial charge in [-0.25, -0.2) is 4.39 Å². The minimum absolute atomic E-state index is 0.663. The van der Waals surface area contributed by atoms with Gasteiger partial charge < -0.3 is 14.9 Å². The smallest absolute Gasteiger partial charge is 0.506 e. The maximum Gasteiger partial charge on any atom is 0.573 e. The number of rotatable bonds is 4. The maximum atomic E-state index is 12.5. The maximum absolute atomic E-state index is 12.5. The van der Waals surface area contributed by atoms with Crippen LogP contribution in [0.4, 0.5) is 17.6 Å². The SMILES string of the molecule is O=C(O)Cc1c(O)cnc(CF)c1OC(F)(F)F. The van der Waals surface area contributed by atoms with Crippen LogP contribution in [0.5, 0.6) is 11.5 Å². The summed E-state index contributed by atoms with van der Waals surface area (Å²) in [6.07, 6.45) is -5.43. The Bertz CT molecular complexity index is 461. The molecule has 0 aromatic carbocycles. The molecule has 0 aliphatic heterocycles. The molecule has 1 heterocycles. The second-order valence-corrected chi connectivity index (χ2v) is 3.15. The zero-order valence-corrected chi connectivity index (χ0v) is 8.66. The first-order chi connectivity index (χ1) is 8.24. The number of aromatic hydroxyl groups is 1. The summed E-state index contributed by atoms with van der Waals surface area (Å²) in [5.74, 6) is -3.44. The van der Waals surface area contributed by atoms with Crippen molar-refractivity contribution >= 4 is 5.97 Å². The third-order valence-corrected chi connectivity index (χ3v) is 1.86. The van der Waals surface area contributed by atoms with Gasteiger partial charge in [-0.05, 0) is 0 Å². The zero-order valence-electron chi connectivity index (χ0n) is 8.66. The lowest BCUT2D eigenvalue weighted by atomic mass is 10.1. The number of hydrogen-bond donors (Lipinski definition) is 2. The van der Waals surface area contributed by atoms with Crippen LogP contribution in [-0.2, 0) is 17.9 Å². The van der Waals surface area contributed by atoms with Crippen molar-refractivity contribution in [2.45, 2.75) is 19.5 Å². The van der Waals surface area contributed by atoms with Crippen molar-refractivity contribution < 1.29 is 37.3 Å². The third kappa shape index (κ3) is 3.47. The summed E-state index contributed by atoms with van der Waals surface area (Å²) in [4.78, 5) is 13.7. The van der Waals surface area contributed by atoms with E-state index in [0.717, 1.165) is 0 Å². The van der Waals surface area contributed by atoms with Crippen molar-refractivity contribution in [2.75, 3.05) is 0 Å². The van der Waals surface area contributed by atoms with E-state index in [4.69, 9.17) is 5.11 Å². The van der Waals surface area contributed by atoms with Crippen molar-refractivity contribution in [3.05, 3.63) is 17.5 Å². The highest BCUT2D eigenvalue weighted by molar-refractivity contribution is 5.73. The van der Waals surface area contributed by atoms with Gasteiger partial charge in [-0.15, -0.1) is 13.2 Å². The van der Waals surface area contributed by atoms with Crippen LogP contribution in [0.25, 0.3) is 0 Å². The average Bonchev–Trinajstić information content (AvgIpc) is 2.21. The first kappa shape index (κ1) is 14.0. The number of pyridine rings is 1. The average molecular weight is 269 g/mol. The fourth-order valence-corrected chi connectivity index (χ4v) is 1.22. The summed E-state index contributed by atoms with van der Waals surface area (Å²) >= 11 is 0. The number of aromatic nitrogens is 1. The summed E-state index contributed by atoms with van der Waals surface area (Å²) in [6.45, 7) is -1.39. The molecule has 100 valence electrons. The molecule has 2 N–H and O–H groups in total. The van der Waals surface area contributed by atoms with Crippen LogP contribution in [0.3, 0.4) is 0 Å². The second kappa shape index (κ2) is 5.07. The second-order valence-electron chi connectivity index (χ2n) is 3.15. The van der Waals surface area contributed by atoms with Crippen LogP contribution >= 0.6 is 0 Å². The lowest BCUT2D eigenvalue weighted by molar-refractivity contribution is -0.275. The van der Waals surface area contributed by atoms with Crippen LogP contribution in [0, 0.1) is 0 Å². The molecule has 0 atom stereocenters. The van der Waals surface area contributed by atoms with Crippen molar-refractivity contribution in [1.29, 1.82) is 0 Å². The van der Waals surface area contributed by atoms with E-state index in [1.54, 1.807) is 0 Å². The highest BCUT2D eigenvalue weighted by Crippen LogP contribution is 2.34. The van der Waals surface area contributed by atoms with E-state index in [-0.39, 0.29) is 0 Å². The number of carboxylic acid groups (broad SMARTS) is 1. The Morgan fingerprint density at radius 1 is 1.44 bits per heavy atom. The van der Waals surface area contributed by atoms with Crippen LogP contribution in [-0.4, -0.2) is 27.5 Å². The Labute approximate surface area is 97.6 Å². The number of ether oxygens (including phenoxy) is 1. The molecule has 0 fully saturated rings. The summed E-state index contributed by atoms with van der Waals surface area (Å²) in [6, 6.07) is 0. The number of alkyl halides is 4. The zero-order chi connectivity index (χ0) is 13.9. The quantitative estimate of drug-likeness (QED) is 0.814. The number of halogens is 4. The highest BCUT2D eigenvalue weighted by atomic mass is 19.4. The first-order valence-electron chi connectivity index (χ1n) is 4.47. The van der Waals surface area contributed by atoms with Gasteiger partial charge in [0.2, 0.25) is 0 Å². The Kier molecular flexibility index (Phi) is 3.94. The predicted molar refractivity (Wildman–Crippen MR) is 48.7 cm³/mol. The van der Waals surface area contributed by atoms with Gasteiger partial charge in [-0.2, -0.15) is 0 Å². The van der Waals surface area contributed by atoms with E-state index in [1.807, 2.05) is 0 Å². The number of carbonyl (C=O) groups is 1. The van der Waals surface area contributed by atoms with Crippen molar-refractivity contribution in [3.8, 4) is 11.5 Å². The Hall–Kier alpha value is -2.06. The molecule has 0 saturated heterocycles. The van der Waals surface area contributed by atoms with Crippen molar-refractivity contribution in [2.24, 2.45) is 0 Å². The van der Waals surface area contributed by atoms with Crippen LogP contribution in [0.15, 0.2) is 6.20 Å². The van der Waals surface area contributed by atoms with E-state index >= 15 is 0 Å². The summed E-state index contributed by atoms with van der Waals surface area (Å²) in [5.41, 5.74) is -1.41. The predicted octanol–water partition coefficient (Wildman–Crippen LogP) is 1.78. The lowest BCUT2D eigenvalue weighted by Gasteiger charge is -2.15. The van der Waals surface area contributed by atoms with Crippen LogP contribution in [0.1, 0.15) is 11.3 Å². The molecule has 0 aliphatic rings. The highest BCUT2D eigenvalue weighted by Gasteiger charge is 2.34. The standard InChI is InChI=1S/C9H7F4NO4/c10-2-5-8(18-9(11,12)13)4(1-7(16)17)6(15)3-14-5/h3,15H,1-2H2,(H,16,17). The Balaban J connectivity index is 3.31. The summed E-state index contributed by atoms with van der Waals surface area (Å²) in [7, 11) is 0. The van der Waals surface area contributed by atoms with Gasteiger partial charge in [0.05, 0.1) is 18.2 Å². The van der Waals surface area contributed by atoms with E-state index in [1.165, 1.54) is 0 Å². The van der Waals surface area contributed by atoms with E-state index in [2.05, 4.69) is 9.72 Å². The monoisotopic (exact) mass is 269 g/mol. The van der Waals surface area contributed by atoms with Gasteiger partial charge in [0.1, 0.15) is 18.1 Å². The Morgan fingerprint density at radius 3 is 2.50 bits per heavy atom. The molecule has 0 unspecified atom stereocenters. The molecule has 18 heavy (non-hydrogen) atoms. The molecule has 0 saturated carbocycles. The van der Waals surface area contributed by atoms with E-state index in [0.29, 0.717) is 6.20 Å². The van der Waals surface area contributed by atoms with Crippen molar-refractivity contribution in [3.63, 3.8) is 0 Å². The van der Waals surface area contributed by atoms with Crippen LogP contribution < -0.4 is 4.74 Å². The molecule has 0 aliphatic carbocycles. The topological polar surface area (TPSA) is 79.7 Å². The fourth-order valence-electron chi connectivity index (χ4n) is 1.22. The largest absolute Gasteiger partial charge is 0.573 e. The molecule has 1 aromatic rings. The van der Waals surface area contributed by atoms with Gasteiger partial charge in [0.25, 0.3) is 0 Å². The molecular formula is C9H7F4NO4. The Morgan fingerprint density at radius 2 is 2.06 bits per heavy atom. The molecule has 0 amide bonds. The molecule has 1 aromatic heterocycles. The van der Waals surface area contributed by atoms with Gasteiger partial charge in [-0.1, -0.05) is 0 Å². The molecule has 0 radical (unpaired) electrons. The molecule has 0 spiro atoms. The van der Waals surface area contributed by atoms with E-state index in [9.17, 15) is 27.5 Å². The minimum Gasteiger partial charge on any atom is -0.506 e. The number of nitrogens with zero attached hydrogens (tertiary/aromatic N) is 1. The molecule has 9 heteroatoms. The molecule has 1 rings (SSSR count). The fraction of sp³-hybridized carbons (Fsp3) is 0.333. The minimum atomic E-state index is -5.15.